The minimum atomic E-state index is -0.495. The molecule has 1 aromatic rings. The number of piperidine rings is 1. The Bertz CT molecular complexity index is 430. The molecule has 2 atom stereocenters. The average Bonchev–Trinajstić information content (AvgIpc) is 2.41. The second-order valence-corrected chi connectivity index (χ2v) is 5.35. The lowest BCUT2D eigenvalue weighted by Gasteiger charge is -2.35. The molecule has 1 saturated heterocycles. The molecule has 1 unspecified atom stereocenters. The van der Waals surface area contributed by atoms with Crippen LogP contribution in [0, 0.1) is 0 Å². The van der Waals surface area contributed by atoms with Crippen molar-refractivity contribution in [3.05, 3.63) is 29.8 Å². The lowest BCUT2D eigenvalue weighted by molar-refractivity contribution is -0.135. The van der Waals surface area contributed by atoms with Gasteiger partial charge in [-0.3, -0.25) is 4.79 Å². The summed E-state index contributed by atoms with van der Waals surface area (Å²) in [5, 5.41) is 9.23. The quantitative estimate of drug-likeness (QED) is 0.870. The average molecular weight is 262 g/mol. The largest absolute Gasteiger partial charge is 0.508 e. The predicted octanol–water partition coefficient (Wildman–Crippen LogP) is 1.66. The summed E-state index contributed by atoms with van der Waals surface area (Å²) in [5.74, 6) is 0.272. The van der Waals surface area contributed by atoms with E-state index in [9.17, 15) is 9.90 Å². The Morgan fingerprint density at radius 3 is 2.74 bits per heavy atom. The van der Waals surface area contributed by atoms with Crippen LogP contribution in [0.25, 0.3) is 0 Å². The minimum Gasteiger partial charge on any atom is -0.508 e. The number of likely N-dealkylation sites (tertiary alicyclic amines) is 1. The number of carbonyl (C=O) groups is 1. The fourth-order valence-corrected chi connectivity index (χ4v) is 2.61. The Kier molecular flexibility index (Phi) is 4.43. The number of aromatic hydroxyl groups is 1. The summed E-state index contributed by atoms with van der Waals surface area (Å²) >= 11 is 0. The molecule has 1 aliphatic rings. The molecule has 1 aliphatic heterocycles. The molecule has 1 amide bonds. The van der Waals surface area contributed by atoms with E-state index in [1.807, 2.05) is 17.0 Å². The number of phenols is 1. The van der Waals surface area contributed by atoms with Crippen molar-refractivity contribution in [3.8, 4) is 5.75 Å². The van der Waals surface area contributed by atoms with E-state index in [1.165, 1.54) is 6.42 Å². The number of rotatable bonds is 3. The van der Waals surface area contributed by atoms with E-state index in [-0.39, 0.29) is 11.7 Å². The highest BCUT2D eigenvalue weighted by Gasteiger charge is 2.27. The number of phenolic OH excluding ortho intramolecular Hbond substituents is 1. The number of nitrogens with two attached hydrogens (primary N) is 1. The Labute approximate surface area is 114 Å². The van der Waals surface area contributed by atoms with Gasteiger partial charge < -0.3 is 15.7 Å². The van der Waals surface area contributed by atoms with Gasteiger partial charge in [-0.25, -0.2) is 0 Å². The van der Waals surface area contributed by atoms with E-state index >= 15 is 0 Å². The smallest absolute Gasteiger partial charge is 0.240 e. The number of carbonyl (C=O) groups excluding carboxylic acids is 1. The second kappa shape index (κ2) is 6.06. The Hall–Kier alpha value is -1.55. The van der Waals surface area contributed by atoms with Gasteiger partial charge in [-0.1, -0.05) is 12.1 Å². The highest BCUT2D eigenvalue weighted by Crippen LogP contribution is 2.18. The molecular formula is C15H22N2O2. The molecule has 3 N–H and O–H groups in total. The second-order valence-electron chi connectivity index (χ2n) is 5.35. The Balaban J connectivity index is 1.96. The van der Waals surface area contributed by atoms with Crippen LogP contribution in [0.1, 0.15) is 31.7 Å². The van der Waals surface area contributed by atoms with Crippen molar-refractivity contribution in [3.63, 3.8) is 0 Å². The third-order valence-electron chi connectivity index (χ3n) is 3.80. The molecule has 0 spiro atoms. The molecule has 0 radical (unpaired) electrons. The van der Waals surface area contributed by atoms with Gasteiger partial charge in [0, 0.05) is 12.6 Å². The molecule has 1 heterocycles. The van der Waals surface area contributed by atoms with Gasteiger partial charge in [0.2, 0.25) is 5.91 Å². The molecule has 4 nitrogen and oxygen atoms in total. The van der Waals surface area contributed by atoms with E-state index in [1.54, 1.807) is 12.1 Å². The van der Waals surface area contributed by atoms with E-state index in [0.717, 1.165) is 24.9 Å². The summed E-state index contributed by atoms with van der Waals surface area (Å²) in [6, 6.07) is 6.66. The topological polar surface area (TPSA) is 66.6 Å². The van der Waals surface area contributed by atoms with Crippen molar-refractivity contribution in [2.75, 3.05) is 6.54 Å². The number of benzene rings is 1. The van der Waals surface area contributed by atoms with E-state index in [4.69, 9.17) is 5.73 Å². The zero-order valence-corrected chi connectivity index (χ0v) is 11.4. The van der Waals surface area contributed by atoms with Gasteiger partial charge in [-0.2, -0.15) is 0 Å². The van der Waals surface area contributed by atoms with Crippen LogP contribution in [0.5, 0.6) is 5.75 Å². The third kappa shape index (κ3) is 3.47. The van der Waals surface area contributed by atoms with Crippen LogP contribution < -0.4 is 5.73 Å². The van der Waals surface area contributed by atoms with Crippen molar-refractivity contribution < 1.29 is 9.90 Å². The fourth-order valence-electron chi connectivity index (χ4n) is 2.61. The minimum absolute atomic E-state index is 0.0419. The molecular weight excluding hydrogens is 240 g/mol. The molecule has 0 bridgehead atoms. The standard InChI is InChI=1S/C15H22N2O2/c1-11-4-2-3-9-17(11)15(19)14(16)10-12-5-7-13(18)8-6-12/h5-8,11,14,18H,2-4,9-10,16H2,1H3/t11?,14-/m0/s1. The van der Waals surface area contributed by atoms with E-state index in [0.29, 0.717) is 12.5 Å². The molecule has 0 saturated carbocycles. The molecule has 1 fully saturated rings. The van der Waals surface area contributed by atoms with Gasteiger partial charge in [0.25, 0.3) is 0 Å². The van der Waals surface area contributed by atoms with E-state index < -0.39 is 6.04 Å². The molecule has 2 rings (SSSR count). The van der Waals surface area contributed by atoms with Crippen LogP contribution in [0.3, 0.4) is 0 Å². The molecule has 0 aromatic heterocycles. The monoisotopic (exact) mass is 262 g/mol. The Morgan fingerprint density at radius 1 is 1.42 bits per heavy atom. The SMILES string of the molecule is CC1CCCCN1C(=O)[C@@H](N)Cc1ccc(O)cc1. The van der Waals surface area contributed by atoms with Gasteiger partial charge in [-0.15, -0.1) is 0 Å². The van der Waals surface area contributed by atoms with Crippen molar-refractivity contribution in [1.29, 1.82) is 0 Å². The first-order chi connectivity index (χ1) is 9.08. The van der Waals surface area contributed by atoms with Crippen LogP contribution in [-0.2, 0) is 11.2 Å². The van der Waals surface area contributed by atoms with Crippen LogP contribution in [-0.4, -0.2) is 34.5 Å². The zero-order valence-electron chi connectivity index (χ0n) is 11.4. The first kappa shape index (κ1) is 13.9. The molecule has 1 aromatic carbocycles. The van der Waals surface area contributed by atoms with E-state index in [2.05, 4.69) is 6.92 Å². The van der Waals surface area contributed by atoms with Gasteiger partial charge in [0.15, 0.2) is 0 Å². The fraction of sp³-hybridized carbons (Fsp3) is 0.533. The summed E-state index contributed by atoms with van der Waals surface area (Å²) in [6.45, 7) is 2.91. The molecule has 104 valence electrons. The van der Waals surface area contributed by atoms with Gasteiger partial charge >= 0.3 is 0 Å². The van der Waals surface area contributed by atoms with Crippen molar-refractivity contribution in [2.24, 2.45) is 5.73 Å². The normalized spacial score (nSPS) is 21.2. The van der Waals surface area contributed by atoms with Crippen LogP contribution in [0.15, 0.2) is 24.3 Å². The maximum atomic E-state index is 12.3. The summed E-state index contributed by atoms with van der Waals surface area (Å²) in [6.07, 6.45) is 3.85. The van der Waals surface area contributed by atoms with Crippen LogP contribution in [0.4, 0.5) is 0 Å². The van der Waals surface area contributed by atoms with Gasteiger partial charge in [0.05, 0.1) is 6.04 Å². The van der Waals surface area contributed by atoms with Gasteiger partial charge in [-0.05, 0) is 50.3 Å². The summed E-state index contributed by atoms with van der Waals surface area (Å²) < 4.78 is 0. The number of nitrogens with zero attached hydrogens (tertiary/aromatic N) is 1. The maximum absolute atomic E-state index is 12.3. The summed E-state index contributed by atoms with van der Waals surface area (Å²) in [7, 11) is 0. The first-order valence-corrected chi connectivity index (χ1v) is 6.92. The highest BCUT2D eigenvalue weighted by atomic mass is 16.3. The van der Waals surface area contributed by atoms with Crippen molar-refractivity contribution in [2.45, 2.75) is 44.7 Å². The maximum Gasteiger partial charge on any atom is 0.240 e. The lowest BCUT2D eigenvalue weighted by atomic mass is 10.00. The van der Waals surface area contributed by atoms with Crippen LogP contribution >= 0.6 is 0 Å². The lowest BCUT2D eigenvalue weighted by Crippen LogP contribution is -2.50. The number of hydrogen-bond donors (Lipinski definition) is 2. The van der Waals surface area contributed by atoms with Crippen molar-refractivity contribution >= 4 is 5.91 Å². The summed E-state index contributed by atoms with van der Waals surface area (Å²) in [4.78, 5) is 14.2. The third-order valence-corrected chi connectivity index (χ3v) is 3.80. The number of amides is 1. The molecule has 19 heavy (non-hydrogen) atoms. The molecule has 0 aliphatic carbocycles. The predicted molar refractivity (Wildman–Crippen MR) is 74.8 cm³/mol. The summed E-state index contributed by atoms with van der Waals surface area (Å²) in [5.41, 5.74) is 7.00. The number of hydrogen-bond acceptors (Lipinski definition) is 3. The highest BCUT2D eigenvalue weighted by molar-refractivity contribution is 5.82. The zero-order chi connectivity index (χ0) is 13.8. The van der Waals surface area contributed by atoms with Gasteiger partial charge in [0.1, 0.15) is 5.75 Å². The molecule has 4 heteroatoms. The van der Waals surface area contributed by atoms with Crippen molar-refractivity contribution in [1.82, 2.24) is 4.90 Å². The Morgan fingerprint density at radius 2 is 2.11 bits per heavy atom. The first-order valence-electron chi connectivity index (χ1n) is 6.92. The van der Waals surface area contributed by atoms with Crippen LogP contribution in [0.2, 0.25) is 0 Å².